The van der Waals surface area contributed by atoms with Crippen molar-refractivity contribution < 1.29 is 9.84 Å². The van der Waals surface area contributed by atoms with Gasteiger partial charge in [0.1, 0.15) is 0 Å². The van der Waals surface area contributed by atoms with E-state index in [0.29, 0.717) is 18.8 Å². The molecule has 0 radical (unpaired) electrons. The van der Waals surface area contributed by atoms with Crippen molar-refractivity contribution in [3.05, 3.63) is 0 Å². The minimum atomic E-state index is 0.366. The van der Waals surface area contributed by atoms with Crippen LogP contribution in [0.25, 0.3) is 0 Å². The maximum Gasteiger partial charge on any atom is 0.0844 e. The van der Waals surface area contributed by atoms with Crippen LogP contribution >= 0.6 is 0 Å². The van der Waals surface area contributed by atoms with Gasteiger partial charge in [-0.15, -0.1) is 0 Å². The largest absolute Gasteiger partial charge is 0.396 e. The lowest BCUT2D eigenvalue weighted by molar-refractivity contribution is 0.274. The summed E-state index contributed by atoms with van der Waals surface area (Å²) in [5, 5.41) is 8.75. The van der Waals surface area contributed by atoms with Gasteiger partial charge in [0.25, 0.3) is 0 Å². The Labute approximate surface area is 80.3 Å². The standard InChI is InChI=1S/C11H20O2/c1-2-3-10-11(13-10)7-9-6-8(9)4-5-12/h8-12H,2-7H2,1H3. The van der Waals surface area contributed by atoms with Crippen LogP contribution in [0.15, 0.2) is 0 Å². The van der Waals surface area contributed by atoms with Gasteiger partial charge in [-0.25, -0.2) is 0 Å². The molecule has 1 N–H and O–H groups in total. The molecule has 0 aromatic rings. The zero-order valence-corrected chi connectivity index (χ0v) is 8.41. The van der Waals surface area contributed by atoms with E-state index in [1.54, 1.807) is 0 Å². The molecule has 2 nitrogen and oxygen atoms in total. The Balaban J connectivity index is 1.56. The van der Waals surface area contributed by atoms with Crippen LogP contribution in [0.5, 0.6) is 0 Å². The Kier molecular flexibility index (Phi) is 2.89. The second kappa shape index (κ2) is 3.97. The summed E-state index contributed by atoms with van der Waals surface area (Å²) in [4.78, 5) is 0. The van der Waals surface area contributed by atoms with E-state index < -0.39 is 0 Å². The van der Waals surface area contributed by atoms with E-state index in [1.807, 2.05) is 0 Å². The van der Waals surface area contributed by atoms with Gasteiger partial charge in [0.05, 0.1) is 12.2 Å². The SMILES string of the molecule is CCCC1OC1CC1CC1CCO. The molecule has 0 aromatic carbocycles. The van der Waals surface area contributed by atoms with Crippen molar-refractivity contribution >= 4 is 0 Å². The molecule has 2 fully saturated rings. The molecule has 2 rings (SSSR count). The predicted molar refractivity (Wildman–Crippen MR) is 51.5 cm³/mol. The average molecular weight is 184 g/mol. The summed E-state index contributed by atoms with van der Waals surface area (Å²) >= 11 is 0. The molecule has 0 amide bonds. The molecule has 0 aromatic heterocycles. The molecule has 1 saturated carbocycles. The van der Waals surface area contributed by atoms with Crippen LogP contribution in [-0.2, 0) is 4.74 Å². The minimum Gasteiger partial charge on any atom is -0.396 e. The Morgan fingerprint density at radius 1 is 1.23 bits per heavy atom. The monoisotopic (exact) mass is 184 g/mol. The number of rotatable bonds is 6. The first-order valence-electron chi connectivity index (χ1n) is 5.61. The molecular formula is C11H20O2. The molecule has 13 heavy (non-hydrogen) atoms. The van der Waals surface area contributed by atoms with E-state index in [0.717, 1.165) is 18.3 Å². The molecule has 1 aliphatic heterocycles. The first-order chi connectivity index (χ1) is 6.35. The molecular weight excluding hydrogens is 164 g/mol. The van der Waals surface area contributed by atoms with Crippen LogP contribution in [0.1, 0.15) is 39.0 Å². The van der Waals surface area contributed by atoms with E-state index in [4.69, 9.17) is 9.84 Å². The first-order valence-corrected chi connectivity index (χ1v) is 5.61. The fourth-order valence-electron chi connectivity index (χ4n) is 2.34. The molecule has 76 valence electrons. The van der Waals surface area contributed by atoms with Crippen molar-refractivity contribution in [3.8, 4) is 0 Å². The maximum absolute atomic E-state index is 8.75. The molecule has 1 heterocycles. The second-order valence-corrected chi connectivity index (χ2v) is 4.51. The highest BCUT2D eigenvalue weighted by molar-refractivity contribution is 4.94. The van der Waals surface area contributed by atoms with Gasteiger partial charge in [0, 0.05) is 6.61 Å². The van der Waals surface area contributed by atoms with Gasteiger partial charge in [0.2, 0.25) is 0 Å². The molecule has 4 atom stereocenters. The smallest absolute Gasteiger partial charge is 0.0844 e. The number of hydrogen-bond donors (Lipinski definition) is 1. The third kappa shape index (κ3) is 2.44. The number of hydrogen-bond acceptors (Lipinski definition) is 2. The zero-order valence-electron chi connectivity index (χ0n) is 8.41. The van der Waals surface area contributed by atoms with Gasteiger partial charge in [0.15, 0.2) is 0 Å². The van der Waals surface area contributed by atoms with Crippen LogP contribution in [-0.4, -0.2) is 23.9 Å². The highest BCUT2D eigenvalue weighted by Gasteiger charge is 2.45. The maximum atomic E-state index is 8.75. The summed E-state index contributed by atoms with van der Waals surface area (Å²) in [6.45, 7) is 2.58. The molecule has 0 bridgehead atoms. The quantitative estimate of drug-likeness (QED) is 0.640. The third-order valence-electron chi connectivity index (χ3n) is 3.36. The number of aliphatic hydroxyl groups is 1. The van der Waals surface area contributed by atoms with Crippen LogP contribution < -0.4 is 0 Å². The van der Waals surface area contributed by atoms with Crippen LogP contribution in [0.3, 0.4) is 0 Å². The summed E-state index contributed by atoms with van der Waals surface area (Å²) < 4.78 is 5.57. The van der Waals surface area contributed by atoms with E-state index in [-0.39, 0.29) is 0 Å². The molecule has 1 aliphatic carbocycles. The number of epoxide rings is 1. The highest BCUT2D eigenvalue weighted by atomic mass is 16.6. The Bertz CT molecular complexity index is 151. The predicted octanol–water partition coefficient (Wildman–Crippen LogP) is 1.96. The topological polar surface area (TPSA) is 32.8 Å². The third-order valence-corrected chi connectivity index (χ3v) is 3.36. The van der Waals surface area contributed by atoms with Crippen LogP contribution in [0.4, 0.5) is 0 Å². The van der Waals surface area contributed by atoms with Gasteiger partial charge >= 0.3 is 0 Å². The fraction of sp³-hybridized carbons (Fsp3) is 1.00. The lowest BCUT2D eigenvalue weighted by atomic mass is 10.1. The summed E-state index contributed by atoms with van der Waals surface area (Å²) in [7, 11) is 0. The summed E-state index contributed by atoms with van der Waals surface area (Å²) in [6.07, 6.45) is 7.24. The average Bonchev–Trinajstić information content (AvgIpc) is 2.97. The highest BCUT2D eigenvalue weighted by Crippen LogP contribution is 2.48. The lowest BCUT2D eigenvalue weighted by Crippen LogP contribution is -1.96. The van der Waals surface area contributed by atoms with Gasteiger partial charge in [-0.3, -0.25) is 0 Å². The normalized spacial score (nSPS) is 42.0. The van der Waals surface area contributed by atoms with Crippen LogP contribution in [0, 0.1) is 11.8 Å². The van der Waals surface area contributed by atoms with Crippen molar-refractivity contribution in [3.63, 3.8) is 0 Å². The Hall–Kier alpha value is -0.0800. The van der Waals surface area contributed by atoms with E-state index in [9.17, 15) is 0 Å². The van der Waals surface area contributed by atoms with Crippen LogP contribution in [0.2, 0.25) is 0 Å². The van der Waals surface area contributed by atoms with E-state index in [2.05, 4.69) is 6.92 Å². The number of ether oxygens (including phenoxy) is 1. The van der Waals surface area contributed by atoms with Gasteiger partial charge in [-0.1, -0.05) is 13.3 Å². The first kappa shape index (κ1) is 9.47. The molecule has 2 aliphatic rings. The van der Waals surface area contributed by atoms with Gasteiger partial charge in [-0.05, 0) is 37.5 Å². The lowest BCUT2D eigenvalue weighted by Gasteiger charge is -1.94. The van der Waals surface area contributed by atoms with E-state index in [1.165, 1.54) is 25.7 Å². The zero-order chi connectivity index (χ0) is 9.26. The Morgan fingerprint density at radius 3 is 2.77 bits per heavy atom. The Morgan fingerprint density at radius 2 is 2.08 bits per heavy atom. The molecule has 1 saturated heterocycles. The van der Waals surface area contributed by atoms with Crippen molar-refractivity contribution in [2.75, 3.05) is 6.61 Å². The fourth-order valence-corrected chi connectivity index (χ4v) is 2.34. The van der Waals surface area contributed by atoms with Crippen molar-refractivity contribution in [2.45, 2.75) is 51.2 Å². The minimum absolute atomic E-state index is 0.366. The molecule has 0 spiro atoms. The summed E-state index contributed by atoms with van der Waals surface area (Å²) in [6, 6.07) is 0. The molecule has 2 heteroatoms. The van der Waals surface area contributed by atoms with E-state index >= 15 is 0 Å². The summed E-state index contributed by atoms with van der Waals surface area (Å²) in [5.41, 5.74) is 0. The van der Waals surface area contributed by atoms with Gasteiger partial charge in [-0.2, -0.15) is 0 Å². The number of aliphatic hydroxyl groups excluding tert-OH is 1. The van der Waals surface area contributed by atoms with Crippen molar-refractivity contribution in [2.24, 2.45) is 11.8 Å². The molecule has 4 unspecified atom stereocenters. The summed E-state index contributed by atoms with van der Waals surface area (Å²) in [5.74, 6) is 1.69. The van der Waals surface area contributed by atoms with Crippen molar-refractivity contribution in [1.29, 1.82) is 0 Å². The van der Waals surface area contributed by atoms with Crippen molar-refractivity contribution in [1.82, 2.24) is 0 Å². The second-order valence-electron chi connectivity index (χ2n) is 4.51. The van der Waals surface area contributed by atoms with Gasteiger partial charge < -0.3 is 9.84 Å².